The Bertz CT molecular complexity index is 513. The lowest BCUT2D eigenvalue weighted by atomic mass is 10.1. The molecule has 2 rings (SSSR count). The number of ether oxygens (including phenoxy) is 1. The number of nitrogens with one attached hydrogen (secondary N) is 1. The molecule has 0 saturated carbocycles. The highest BCUT2D eigenvalue weighted by molar-refractivity contribution is 9.10. The lowest BCUT2D eigenvalue weighted by Gasteiger charge is -2.16. The molecule has 0 radical (unpaired) electrons. The SMILES string of the molecule is CCCNC(c1ccc(OC)nn1)c1occc1Br. The summed E-state index contributed by atoms with van der Waals surface area (Å²) in [5.41, 5.74) is 0.796. The Morgan fingerprint density at radius 2 is 2.21 bits per heavy atom. The molecule has 0 aliphatic rings. The predicted octanol–water partition coefficient (Wildman–Crippen LogP) is 2.93. The van der Waals surface area contributed by atoms with Crippen LogP contribution in [0.5, 0.6) is 5.88 Å². The van der Waals surface area contributed by atoms with Crippen molar-refractivity contribution < 1.29 is 9.15 Å². The van der Waals surface area contributed by atoms with Gasteiger partial charge in [-0.25, -0.2) is 0 Å². The molecule has 2 aromatic rings. The number of nitrogens with zero attached hydrogens (tertiary/aromatic N) is 2. The molecule has 2 aromatic heterocycles. The number of hydrogen-bond acceptors (Lipinski definition) is 5. The predicted molar refractivity (Wildman–Crippen MR) is 75.1 cm³/mol. The number of aromatic nitrogens is 2. The number of furan rings is 1. The van der Waals surface area contributed by atoms with E-state index < -0.39 is 0 Å². The highest BCUT2D eigenvalue weighted by Gasteiger charge is 2.21. The molecule has 1 atom stereocenters. The van der Waals surface area contributed by atoms with Crippen LogP contribution in [0, 0.1) is 0 Å². The molecule has 0 aliphatic heterocycles. The van der Waals surface area contributed by atoms with Crippen LogP contribution in [-0.2, 0) is 0 Å². The summed E-state index contributed by atoms with van der Waals surface area (Å²) in [7, 11) is 1.57. The smallest absolute Gasteiger partial charge is 0.233 e. The van der Waals surface area contributed by atoms with Crippen LogP contribution < -0.4 is 10.1 Å². The molecule has 6 heteroatoms. The van der Waals surface area contributed by atoms with E-state index in [1.54, 1.807) is 19.4 Å². The van der Waals surface area contributed by atoms with E-state index >= 15 is 0 Å². The van der Waals surface area contributed by atoms with Gasteiger partial charge in [0.25, 0.3) is 0 Å². The first-order valence-corrected chi connectivity index (χ1v) is 6.89. The zero-order valence-corrected chi connectivity index (χ0v) is 12.5. The van der Waals surface area contributed by atoms with Gasteiger partial charge in [0.05, 0.1) is 23.5 Å². The minimum Gasteiger partial charge on any atom is -0.480 e. The van der Waals surface area contributed by atoms with E-state index in [9.17, 15) is 0 Å². The van der Waals surface area contributed by atoms with Crippen molar-refractivity contribution >= 4 is 15.9 Å². The van der Waals surface area contributed by atoms with Crippen LogP contribution in [0.15, 0.2) is 33.4 Å². The van der Waals surface area contributed by atoms with E-state index in [1.807, 2.05) is 12.1 Å². The largest absolute Gasteiger partial charge is 0.480 e. The zero-order chi connectivity index (χ0) is 13.7. The molecular weight excluding hydrogens is 310 g/mol. The van der Waals surface area contributed by atoms with Gasteiger partial charge in [0.15, 0.2) is 0 Å². The number of methoxy groups -OCH3 is 1. The van der Waals surface area contributed by atoms with Crippen molar-refractivity contribution in [3.8, 4) is 5.88 Å². The van der Waals surface area contributed by atoms with Crippen LogP contribution in [0.1, 0.15) is 30.8 Å². The van der Waals surface area contributed by atoms with E-state index in [-0.39, 0.29) is 6.04 Å². The summed E-state index contributed by atoms with van der Waals surface area (Å²) < 4.78 is 11.5. The molecule has 19 heavy (non-hydrogen) atoms. The molecule has 102 valence electrons. The Balaban J connectivity index is 2.28. The molecule has 0 bridgehead atoms. The second kappa shape index (κ2) is 6.68. The Hall–Kier alpha value is -1.40. The summed E-state index contributed by atoms with van der Waals surface area (Å²) in [6.45, 7) is 2.98. The van der Waals surface area contributed by atoms with Crippen molar-refractivity contribution in [2.45, 2.75) is 19.4 Å². The highest BCUT2D eigenvalue weighted by atomic mass is 79.9. The number of rotatable bonds is 6. The molecule has 1 unspecified atom stereocenters. The van der Waals surface area contributed by atoms with Crippen LogP contribution in [0.25, 0.3) is 0 Å². The van der Waals surface area contributed by atoms with E-state index in [0.29, 0.717) is 5.88 Å². The first-order valence-electron chi connectivity index (χ1n) is 6.10. The van der Waals surface area contributed by atoms with Gasteiger partial charge < -0.3 is 14.5 Å². The van der Waals surface area contributed by atoms with Gasteiger partial charge >= 0.3 is 0 Å². The second-order valence-electron chi connectivity index (χ2n) is 4.02. The van der Waals surface area contributed by atoms with Crippen molar-refractivity contribution in [1.82, 2.24) is 15.5 Å². The van der Waals surface area contributed by atoms with E-state index in [4.69, 9.17) is 9.15 Å². The van der Waals surface area contributed by atoms with Crippen molar-refractivity contribution in [3.63, 3.8) is 0 Å². The number of hydrogen-bond donors (Lipinski definition) is 1. The van der Waals surface area contributed by atoms with Crippen LogP contribution in [-0.4, -0.2) is 23.9 Å². The van der Waals surface area contributed by atoms with Crippen molar-refractivity contribution in [2.75, 3.05) is 13.7 Å². The summed E-state index contributed by atoms with van der Waals surface area (Å²) in [6, 6.07) is 5.42. The highest BCUT2D eigenvalue weighted by Crippen LogP contribution is 2.28. The molecule has 5 nitrogen and oxygen atoms in total. The van der Waals surface area contributed by atoms with Gasteiger partial charge in [0.1, 0.15) is 11.8 Å². The van der Waals surface area contributed by atoms with Gasteiger partial charge in [-0.05, 0) is 41.0 Å². The zero-order valence-electron chi connectivity index (χ0n) is 10.9. The van der Waals surface area contributed by atoms with Gasteiger partial charge in [0, 0.05) is 6.07 Å². The average Bonchev–Trinajstić information content (AvgIpc) is 2.86. The first kappa shape index (κ1) is 14.0. The maximum Gasteiger partial charge on any atom is 0.233 e. The van der Waals surface area contributed by atoms with Crippen LogP contribution in [0.3, 0.4) is 0 Å². The quantitative estimate of drug-likeness (QED) is 0.884. The van der Waals surface area contributed by atoms with Crippen LogP contribution >= 0.6 is 15.9 Å². The normalized spacial score (nSPS) is 12.4. The van der Waals surface area contributed by atoms with Crippen molar-refractivity contribution in [3.05, 3.63) is 40.4 Å². The molecule has 0 fully saturated rings. The summed E-state index contributed by atoms with van der Waals surface area (Å²) in [4.78, 5) is 0. The van der Waals surface area contributed by atoms with E-state index in [2.05, 4.69) is 38.4 Å². The summed E-state index contributed by atoms with van der Waals surface area (Å²) in [6.07, 6.45) is 2.68. The van der Waals surface area contributed by atoms with Gasteiger partial charge in [-0.3, -0.25) is 0 Å². The minimum absolute atomic E-state index is 0.122. The lowest BCUT2D eigenvalue weighted by Crippen LogP contribution is -2.24. The Morgan fingerprint density at radius 1 is 1.37 bits per heavy atom. The van der Waals surface area contributed by atoms with Crippen LogP contribution in [0.4, 0.5) is 0 Å². The summed E-state index contributed by atoms with van der Waals surface area (Å²) >= 11 is 3.48. The standard InChI is InChI=1S/C13H16BrN3O2/c1-3-7-15-12(13-9(14)6-8-19-13)10-4-5-11(18-2)17-16-10/h4-6,8,12,15H,3,7H2,1-2H3. The third-order valence-corrected chi connectivity index (χ3v) is 3.33. The first-order chi connectivity index (χ1) is 9.26. The maximum atomic E-state index is 5.53. The summed E-state index contributed by atoms with van der Waals surface area (Å²) in [5.74, 6) is 1.30. The van der Waals surface area contributed by atoms with Gasteiger partial charge in [-0.15, -0.1) is 10.2 Å². The Labute approximate surface area is 120 Å². The maximum absolute atomic E-state index is 5.53. The average molecular weight is 326 g/mol. The monoisotopic (exact) mass is 325 g/mol. The van der Waals surface area contributed by atoms with Gasteiger partial charge in [0.2, 0.25) is 5.88 Å². The molecule has 0 aliphatic carbocycles. The van der Waals surface area contributed by atoms with Gasteiger partial charge in [-0.2, -0.15) is 0 Å². The molecule has 2 heterocycles. The molecule has 0 amide bonds. The van der Waals surface area contributed by atoms with Crippen LogP contribution in [0.2, 0.25) is 0 Å². The minimum atomic E-state index is -0.122. The molecule has 0 aromatic carbocycles. The van der Waals surface area contributed by atoms with Gasteiger partial charge in [-0.1, -0.05) is 6.92 Å². The fourth-order valence-electron chi connectivity index (χ4n) is 1.72. The van der Waals surface area contributed by atoms with E-state index in [1.165, 1.54) is 0 Å². The topological polar surface area (TPSA) is 60.2 Å². The molecule has 1 N–H and O–H groups in total. The third-order valence-electron chi connectivity index (χ3n) is 2.67. The Kier molecular flexibility index (Phi) is 4.93. The lowest BCUT2D eigenvalue weighted by molar-refractivity contribution is 0.387. The molecule has 0 saturated heterocycles. The fraction of sp³-hybridized carbons (Fsp3) is 0.385. The third kappa shape index (κ3) is 3.33. The molecular formula is C13H16BrN3O2. The molecule has 0 spiro atoms. The summed E-state index contributed by atoms with van der Waals surface area (Å²) in [5, 5.41) is 11.6. The van der Waals surface area contributed by atoms with E-state index in [0.717, 1.165) is 28.9 Å². The van der Waals surface area contributed by atoms with Crippen molar-refractivity contribution in [1.29, 1.82) is 0 Å². The number of halogens is 1. The fourth-order valence-corrected chi connectivity index (χ4v) is 2.16. The second-order valence-corrected chi connectivity index (χ2v) is 4.87. The van der Waals surface area contributed by atoms with Crippen molar-refractivity contribution in [2.24, 2.45) is 0 Å². The Morgan fingerprint density at radius 3 is 2.74 bits per heavy atom.